The highest BCUT2D eigenvalue weighted by atomic mass is 32.2. The topological polar surface area (TPSA) is 155 Å². The third kappa shape index (κ3) is 27.5. The van der Waals surface area contributed by atoms with E-state index in [1.165, 1.54) is 63.8 Å². The maximum absolute atomic E-state index is 11.4. The van der Waals surface area contributed by atoms with Crippen molar-refractivity contribution in [3.05, 3.63) is 179 Å². The van der Waals surface area contributed by atoms with Crippen LogP contribution >= 0.6 is 11.8 Å². The molecule has 0 radical (unpaired) electrons. The Bertz CT molecular complexity index is 2520. The number of nitrogens with one attached hydrogen (secondary N) is 3. The van der Waals surface area contributed by atoms with Crippen LogP contribution in [0.5, 0.6) is 0 Å². The lowest BCUT2D eigenvalue weighted by atomic mass is 10.1. The van der Waals surface area contributed by atoms with E-state index in [1.807, 2.05) is 135 Å². The van der Waals surface area contributed by atoms with Crippen LogP contribution in [0.25, 0.3) is 0 Å². The van der Waals surface area contributed by atoms with Gasteiger partial charge in [0.05, 0.1) is 11.7 Å². The third-order valence-electron chi connectivity index (χ3n) is 9.98. The molecule has 1 atom stereocenters. The molecule has 0 aliphatic rings. The van der Waals surface area contributed by atoms with E-state index in [1.54, 1.807) is 31.5 Å². The highest BCUT2D eigenvalue weighted by Crippen LogP contribution is 2.10. The summed E-state index contributed by atoms with van der Waals surface area (Å²) in [7, 11) is 1.47. The molecule has 72 heavy (non-hydrogen) atoms. The van der Waals surface area contributed by atoms with Crippen molar-refractivity contribution in [1.29, 1.82) is 0 Å². The van der Waals surface area contributed by atoms with Gasteiger partial charge in [-0.25, -0.2) is 15.0 Å². The smallest absolute Gasteiger partial charge is 0.306 e. The molecule has 0 fully saturated rings. The summed E-state index contributed by atoms with van der Waals surface area (Å²) in [5.41, 5.74) is 5.49. The first kappa shape index (κ1) is 58.6. The van der Waals surface area contributed by atoms with Crippen molar-refractivity contribution in [2.45, 2.75) is 78.6 Å². The maximum atomic E-state index is 11.4. The van der Waals surface area contributed by atoms with E-state index in [9.17, 15) is 14.4 Å². The molecule has 0 saturated heterocycles. The van der Waals surface area contributed by atoms with Crippen LogP contribution in [-0.4, -0.2) is 70.1 Å². The number of carbonyl (C=O) groups is 3. The normalized spacial score (nSPS) is 10.1. The van der Waals surface area contributed by atoms with Crippen molar-refractivity contribution in [2.24, 2.45) is 5.92 Å². The van der Waals surface area contributed by atoms with Crippen LogP contribution in [0.3, 0.4) is 0 Å². The second-order valence-corrected chi connectivity index (χ2v) is 17.0. The number of hydrogen-bond acceptors (Lipinski definition) is 9. The molecule has 3 aromatic heterocycles. The molecule has 3 heterocycles. The van der Waals surface area contributed by atoms with Gasteiger partial charge in [-0.2, -0.15) is 11.8 Å². The van der Waals surface area contributed by atoms with Gasteiger partial charge in [-0.1, -0.05) is 156 Å². The van der Waals surface area contributed by atoms with Crippen LogP contribution in [0.1, 0.15) is 112 Å². The largest absolute Gasteiger partial charge is 0.481 e. The third-order valence-corrected chi connectivity index (χ3v) is 10.5. The van der Waals surface area contributed by atoms with Crippen LogP contribution in [0.4, 0.5) is 17.5 Å². The van der Waals surface area contributed by atoms with Crippen LogP contribution in [0, 0.1) is 41.4 Å². The van der Waals surface area contributed by atoms with Gasteiger partial charge in [0.15, 0.2) is 0 Å². The van der Waals surface area contributed by atoms with Crippen molar-refractivity contribution in [2.75, 3.05) is 48.2 Å². The zero-order chi connectivity index (χ0) is 51.9. The molecule has 4 N–H and O–H groups in total. The van der Waals surface area contributed by atoms with Crippen molar-refractivity contribution < 1.29 is 24.2 Å². The van der Waals surface area contributed by atoms with Gasteiger partial charge in [0.25, 0.3) is 5.91 Å². The molecule has 1 unspecified atom stereocenters. The second-order valence-electron chi connectivity index (χ2n) is 16.2. The number of amides is 2. The lowest BCUT2D eigenvalue weighted by Crippen LogP contribution is -2.17. The molecule has 0 aliphatic heterocycles. The summed E-state index contributed by atoms with van der Waals surface area (Å²) in [6.07, 6.45) is 18.1. The van der Waals surface area contributed by atoms with Crippen LogP contribution in [0.15, 0.2) is 146 Å². The summed E-state index contributed by atoms with van der Waals surface area (Å²) in [5, 5.41) is 17.0. The average Bonchev–Trinajstić information content (AvgIpc) is 3.40. The minimum atomic E-state index is -0.688. The van der Waals surface area contributed by atoms with Gasteiger partial charge >= 0.3 is 5.97 Å². The number of rotatable bonds is 18. The highest BCUT2D eigenvalue weighted by Gasteiger charge is 2.07. The number of unbranched alkanes of at least 4 members (excludes halogenated alkanes) is 6. The molecule has 6 rings (SSSR count). The number of methoxy groups -OCH3 is 1. The zero-order valence-corrected chi connectivity index (χ0v) is 43.1. The Kier molecular flexibility index (Phi) is 30.3. The Morgan fingerprint density at radius 1 is 0.542 bits per heavy atom. The number of nitrogens with zero attached hydrogens (tertiary/aromatic N) is 3. The predicted molar refractivity (Wildman–Crippen MR) is 296 cm³/mol. The first-order chi connectivity index (χ1) is 35.1. The molecule has 0 spiro atoms. The number of carbonyl (C=O) groups excluding carboxylic acids is 2. The SMILES string of the molecule is CCCC(C)C(=O)O.CCCCCCCCCNc1ccc(C#Cc2ccccc2)cn1.COCC(=O)Nc1ccc(C#Cc2ccccc2)cn1.CSCC(=O)Nc1ccc(C#Cc2ccccc2)cn1. The summed E-state index contributed by atoms with van der Waals surface area (Å²) in [5.74, 6) is 19.7. The first-order valence-electron chi connectivity index (χ1n) is 24.3. The number of pyridine rings is 3. The van der Waals surface area contributed by atoms with Gasteiger partial charge in [-0.15, -0.1) is 0 Å². The van der Waals surface area contributed by atoms with E-state index in [0.29, 0.717) is 17.4 Å². The minimum absolute atomic E-state index is 0.0112. The van der Waals surface area contributed by atoms with E-state index in [-0.39, 0.29) is 24.3 Å². The summed E-state index contributed by atoms with van der Waals surface area (Å²) in [4.78, 5) is 45.5. The molecular weight excluding hydrogens is 917 g/mol. The summed E-state index contributed by atoms with van der Waals surface area (Å²) >= 11 is 1.48. The van der Waals surface area contributed by atoms with Crippen LogP contribution in [-0.2, 0) is 19.1 Å². The number of aliphatic carboxylic acids is 1. The van der Waals surface area contributed by atoms with E-state index in [4.69, 9.17) is 9.84 Å². The Labute approximate surface area is 431 Å². The van der Waals surface area contributed by atoms with Gasteiger partial charge in [-0.05, 0) is 91.9 Å². The minimum Gasteiger partial charge on any atom is -0.481 e. The lowest BCUT2D eigenvalue weighted by molar-refractivity contribution is -0.141. The second kappa shape index (κ2) is 37.2. The number of aromatic nitrogens is 3. The number of anilines is 3. The van der Waals surface area contributed by atoms with Gasteiger partial charge in [0.1, 0.15) is 24.1 Å². The summed E-state index contributed by atoms with van der Waals surface area (Å²) in [6.45, 7) is 6.98. The molecule has 2 amide bonds. The van der Waals surface area contributed by atoms with E-state index in [2.05, 4.69) is 73.3 Å². The number of carboxylic acid groups (broad SMARTS) is 1. The maximum Gasteiger partial charge on any atom is 0.306 e. The molecule has 0 saturated carbocycles. The number of ether oxygens (including phenoxy) is 1. The fourth-order valence-electron chi connectivity index (χ4n) is 6.13. The molecule has 11 nitrogen and oxygen atoms in total. The molecule has 3 aromatic carbocycles. The number of thioether (sulfide) groups is 1. The van der Waals surface area contributed by atoms with Crippen molar-refractivity contribution >= 4 is 47.0 Å². The number of hydrogen-bond donors (Lipinski definition) is 4. The number of benzene rings is 3. The predicted octanol–water partition coefficient (Wildman–Crippen LogP) is 12.0. The standard InChI is InChI=1S/C22H28N2.C16H14N2O2.C16H14N2OS.C6H12O2/c1-2-3-4-5-6-7-11-18-23-22-17-16-21(19-24-22)15-14-20-12-9-8-10-13-20;2*1-20-12-16(19)18-15-10-9-14(11-17-15)8-7-13-5-3-2-4-6-13;1-3-4-5(2)6(7)8/h8-10,12-13,16-17,19H,2-7,11,18H2,1H3,(H,23,24);2*2-6,9-11H,12H2,1H3,(H,17,18,19);5H,3-4H2,1-2H3,(H,7,8). The quantitative estimate of drug-likeness (QED) is 0.0483. The molecule has 12 heteroatoms. The van der Waals surface area contributed by atoms with E-state index >= 15 is 0 Å². The summed E-state index contributed by atoms with van der Waals surface area (Å²) < 4.78 is 4.72. The molecule has 0 aliphatic carbocycles. The number of carboxylic acids is 1. The van der Waals surface area contributed by atoms with Gasteiger partial charge < -0.3 is 25.8 Å². The summed E-state index contributed by atoms with van der Waals surface area (Å²) in [6, 6.07) is 40.7. The van der Waals surface area contributed by atoms with Crippen molar-refractivity contribution in [1.82, 2.24) is 15.0 Å². The van der Waals surface area contributed by atoms with Gasteiger partial charge in [0, 0.05) is 65.6 Å². The Morgan fingerprint density at radius 3 is 1.31 bits per heavy atom. The molecule has 0 bridgehead atoms. The van der Waals surface area contributed by atoms with Gasteiger partial charge in [-0.3, -0.25) is 14.4 Å². The van der Waals surface area contributed by atoms with Crippen molar-refractivity contribution in [3.63, 3.8) is 0 Å². The average molecular weight is 985 g/mol. The monoisotopic (exact) mass is 984 g/mol. The van der Waals surface area contributed by atoms with E-state index in [0.717, 1.165) is 58.6 Å². The van der Waals surface area contributed by atoms with Crippen LogP contribution in [0.2, 0.25) is 0 Å². The van der Waals surface area contributed by atoms with Gasteiger partial charge in [0.2, 0.25) is 5.91 Å². The van der Waals surface area contributed by atoms with Crippen LogP contribution < -0.4 is 16.0 Å². The highest BCUT2D eigenvalue weighted by molar-refractivity contribution is 7.99. The van der Waals surface area contributed by atoms with E-state index < -0.39 is 5.97 Å². The zero-order valence-electron chi connectivity index (χ0n) is 42.2. The Balaban J connectivity index is 0.000000266. The molecule has 374 valence electrons. The lowest BCUT2D eigenvalue weighted by Gasteiger charge is -2.05. The first-order valence-corrected chi connectivity index (χ1v) is 25.6. The fraction of sp³-hybridized carbons (Fsp3) is 0.300. The molecular formula is C60H68N6O5S. The molecule has 6 aromatic rings. The Morgan fingerprint density at radius 2 is 0.944 bits per heavy atom. The Hall–Kier alpha value is -7.69. The van der Waals surface area contributed by atoms with Crippen molar-refractivity contribution in [3.8, 4) is 35.5 Å². The fourth-order valence-corrected chi connectivity index (χ4v) is 6.46.